The van der Waals surface area contributed by atoms with E-state index in [-0.39, 0.29) is 11.4 Å². The first-order valence-electron chi connectivity index (χ1n) is 9.38. The zero-order chi connectivity index (χ0) is 23.0. The Kier molecular flexibility index (Phi) is 6.86. The minimum Gasteiger partial charge on any atom is -0.610 e. The fraction of sp³-hybridized carbons (Fsp3) is 0.389. The quantitative estimate of drug-likeness (QED) is 0.298. The van der Waals surface area contributed by atoms with Gasteiger partial charge in [0, 0.05) is 35.8 Å². The number of carbonyl (C=O) groups excluding carboxylic acids is 2. The SMILES string of the molecule is Cc1nc(SCC2=C(C(=O)O)N3C(=O)C(NC(=O)C[S+]([O-])c4cccs4)[C@H]3SC2)nn1C. The van der Waals surface area contributed by atoms with Gasteiger partial charge in [-0.05, 0) is 23.9 Å². The molecule has 0 bridgehead atoms. The number of thioether (sulfide) groups is 2. The molecule has 170 valence electrons. The highest BCUT2D eigenvalue weighted by molar-refractivity contribution is 8.01. The molecule has 2 N–H and O–H groups in total. The number of carboxylic acid groups (broad SMARTS) is 1. The number of aromatic nitrogens is 3. The molecule has 3 atom stereocenters. The van der Waals surface area contributed by atoms with E-state index in [2.05, 4.69) is 15.4 Å². The summed E-state index contributed by atoms with van der Waals surface area (Å²) in [6.07, 6.45) is 0. The van der Waals surface area contributed by atoms with Crippen molar-refractivity contribution in [2.45, 2.75) is 27.7 Å². The van der Waals surface area contributed by atoms with E-state index in [0.717, 1.165) is 5.82 Å². The van der Waals surface area contributed by atoms with Crippen LogP contribution in [-0.2, 0) is 32.6 Å². The van der Waals surface area contributed by atoms with Gasteiger partial charge in [0.2, 0.25) is 9.37 Å². The molecule has 1 fully saturated rings. The van der Waals surface area contributed by atoms with Gasteiger partial charge in [0.05, 0.1) is 0 Å². The third-order valence-corrected chi connectivity index (χ3v) is 9.77. The van der Waals surface area contributed by atoms with E-state index < -0.39 is 40.4 Å². The van der Waals surface area contributed by atoms with Crippen LogP contribution < -0.4 is 5.32 Å². The molecule has 4 rings (SSSR count). The van der Waals surface area contributed by atoms with Gasteiger partial charge in [-0.1, -0.05) is 23.1 Å². The zero-order valence-corrected chi connectivity index (χ0v) is 20.3. The number of hydrogen-bond acceptors (Lipinski definition) is 9. The van der Waals surface area contributed by atoms with Crippen molar-refractivity contribution < 1.29 is 24.0 Å². The van der Waals surface area contributed by atoms with Gasteiger partial charge < -0.3 is 15.0 Å². The first kappa shape index (κ1) is 23.2. The topological polar surface area (TPSA) is 140 Å². The van der Waals surface area contributed by atoms with Crippen LogP contribution in [0.3, 0.4) is 0 Å². The zero-order valence-electron chi connectivity index (χ0n) is 17.0. The molecule has 0 aliphatic carbocycles. The lowest BCUT2D eigenvalue weighted by Crippen LogP contribution is -2.70. The molecule has 2 aromatic heterocycles. The van der Waals surface area contributed by atoms with Crippen LogP contribution in [0.4, 0.5) is 0 Å². The van der Waals surface area contributed by atoms with Crippen LogP contribution >= 0.6 is 34.9 Å². The van der Waals surface area contributed by atoms with Crippen LogP contribution in [0.15, 0.2) is 38.1 Å². The number of carboxylic acids is 1. The largest absolute Gasteiger partial charge is 0.610 e. The highest BCUT2D eigenvalue weighted by atomic mass is 32.2. The van der Waals surface area contributed by atoms with E-state index in [4.69, 9.17) is 0 Å². The summed E-state index contributed by atoms with van der Waals surface area (Å²) in [6.45, 7) is 1.82. The lowest BCUT2D eigenvalue weighted by Gasteiger charge is -2.49. The minimum atomic E-state index is -1.48. The second kappa shape index (κ2) is 9.47. The van der Waals surface area contributed by atoms with Crippen molar-refractivity contribution in [3.8, 4) is 0 Å². The summed E-state index contributed by atoms with van der Waals surface area (Å²) >= 11 is 2.52. The number of hydrogen-bond donors (Lipinski definition) is 2. The number of rotatable bonds is 8. The summed E-state index contributed by atoms with van der Waals surface area (Å²) in [5.74, 6) is -0.934. The maximum atomic E-state index is 12.7. The first-order valence-corrected chi connectivity index (χ1v) is 13.6. The molecular weight excluding hydrogens is 494 g/mol. The highest BCUT2D eigenvalue weighted by Gasteiger charge is 2.54. The number of aryl methyl sites for hydroxylation is 2. The number of fused-ring (bicyclic) bond motifs is 1. The molecule has 0 radical (unpaired) electrons. The molecule has 2 aliphatic heterocycles. The molecule has 32 heavy (non-hydrogen) atoms. The van der Waals surface area contributed by atoms with Crippen LogP contribution in [0, 0.1) is 6.92 Å². The highest BCUT2D eigenvalue weighted by Crippen LogP contribution is 2.41. The number of aliphatic carboxylic acids is 1. The summed E-state index contributed by atoms with van der Waals surface area (Å²) < 4.78 is 14.4. The number of β-lactam (4-membered cyclic amide) rings is 1. The molecule has 2 aromatic rings. The molecule has 0 aromatic carbocycles. The van der Waals surface area contributed by atoms with Crippen molar-refractivity contribution in [2.24, 2.45) is 7.05 Å². The van der Waals surface area contributed by atoms with E-state index in [1.165, 1.54) is 39.8 Å². The summed E-state index contributed by atoms with van der Waals surface area (Å²) in [5, 5.41) is 18.4. The van der Waals surface area contributed by atoms with E-state index >= 15 is 0 Å². The summed E-state index contributed by atoms with van der Waals surface area (Å²) in [6, 6.07) is 2.60. The second-order valence-electron chi connectivity index (χ2n) is 6.99. The van der Waals surface area contributed by atoms with Gasteiger partial charge in [-0.25, -0.2) is 9.78 Å². The molecule has 1 saturated heterocycles. The van der Waals surface area contributed by atoms with Crippen molar-refractivity contribution in [1.29, 1.82) is 0 Å². The van der Waals surface area contributed by atoms with Crippen LogP contribution in [0.5, 0.6) is 0 Å². The van der Waals surface area contributed by atoms with Gasteiger partial charge in [0.1, 0.15) is 22.9 Å². The van der Waals surface area contributed by atoms with Crippen LogP contribution in [-0.4, -0.2) is 75.8 Å². The standard InChI is InChI=1S/C18H19N5O5S4/c1-9-19-18(21-22(9)2)31-7-10-6-30-16-13(15(25)23(16)14(10)17(26)27)20-11(24)8-32(28)12-4-3-5-29-12/h3-5,13,16H,6-8H2,1-2H3,(H,20,24)(H,26,27)/t13?,16-,32?/m1/s1. The molecule has 14 heteroatoms. The van der Waals surface area contributed by atoms with E-state index in [1.807, 2.05) is 6.92 Å². The van der Waals surface area contributed by atoms with Gasteiger partial charge in [0.15, 0.2) is 5.75 Å². The number of carbonyl (C=O) groups is 3. The van der Waals surface area contributed by atoms with E-state index in [9.17, 15) is 24.0 Å². The van der Waals surface area contributed by atoms with Gasteiger partial charge in [-0.3, -0.25) is 19.2 Å². The Morgan fingerprint density at radius 3 is 2.88 bits per heavy atom. The first-order chi connectivity index (χ1) is 15.3. The Hall–Kier alpha value is -2.00. The van der Waals surface area contributed by atoms with Gasteiger partial charge >= 0.3 is 5.97 Å². The number of nitrogens with one attached hydrogen (secondary N) is 1. The normalized spacial score (nSPS) is 21.2. The lowest BCUT2D eigenvalue weighted by molar-refractivity contribution is -0.150. The van der Waals surface area contributed by atoms with Crippen LogP contribution in [0.1, 0.15) is 5.82 Å². The third kappa shape index (κ3) is 4.55. The summed E-state index contributed by atoms with van der Waals surface area (Å²) in [4.78, 5) is 42.5. The van der Waals surface area contributed by atoms with Crippen molar-refractivity contribution >= 4 is 63.8 Å². The molecule has 2 unspecified atom stereocenters. The average molecular weight is 514 g/mol. The van der Waals surface area contributed by atoms with Gasteiger partial charge in [0.25, 0.3) is 11.8 Å². The smallest absolute Gasteiger partial charge is 0.352 e. The fourth-order valence-corrected chi connectivity index (χ4v) is 7.55. The monoisotopic (exact) mass is 513 g/mol. The van der Waals surface area contributed by atoms with E-state index in [1.54, 1.807) is 29.2 Å². The van der Waals surface area contributed by atoms with Crippen LogP contribution in [0.25, 0.3) is 0 Å². The second-order valence-corrected chi connectivity index (χ2v) is 11.7. The molecule has 0 spiro atoms. The number of amides is 2. The Bertz CT molecular complexity index is 1070. The molecule has 4 heterocycles. The Balaban J connectivity index is 1.41. The maximum absolute atomic E-state index is 12.7. The molecular formula is C18H19N5O5S4. The van der Waals surface area contributed by atoms with Crippen LogP contribution in [0.2, 0.25) is 0 Å². The summed E-state index contributed by atoms with van der Waals surface area (Å²) in [7, 11) is 1.78. The average Bonchev–Trinajstić information content (AvgIpc) is 3.40. The molecule has 2 aliphatic rings. The third-order valence-electron chi connectivity index (χ3n) is 4.88. The minimum absolute atomic E-state index is 0.0495. The fourth-order valence-electron chi connectivity index (χ4n) is 3.24. The van der Waals surface area contributed by atoms with Crippen molar-refractivity contribution in [3.05, 3.63) is 34.6 Å². The van der Waals surface area contributed by atoms with Crippen molar-refractivity contribution in [1.82, 2.24) is 25.0 Å². The molecule has 10 nitrogen and oxygen atoms in total. The predicted molar refractivity (Wildman–Crippen MR) is 122 cm³/mol. The molecule has 2 amide bonds. The maximum Gasteiger partial charge on any atom is 0.352 e. The predicted octanol–water partition coefficient (Wildman–Crippen LogP) is 0.824. The van der Waals surface area contributed by atoms with Crippen molar-refractivity contribution in [2.75, 3.05) is 17.3 Å². The number of nitrogens with zero attached hydrogens (tertiary/aromatic N) is 4. The Morgan fingerprint density at radius 1 is 1.47 bits per heavy atom. The summed E-state index contributed by atoms with van der Waals surface area (Å²) in [5.41, 5.74) is 0.553. The lowest BCUT2D eigenvalue weighted by atomic mass is 10.0. The van der Waals surface area contributed by atoms with Gasteiger partial charge in [-0.15, -0.1) is 16.9 Å². The van der Waals surface area contributed by atoms with Crippen molar-refractivity contribution in [3.63, 3.8) is 0 Å². The van der Waals surface area contributed by atoms with Gasteiger partial charge in [-0.2, -0.15) is 0 Å². The Morgan fingerprint density at radius 2 is 2.25 bits per heavy atom. The van der Waals surface area contributed by atoms with E-state index in [0.29, 0.717) is 26.4 Å². The number of thiophene rings is 1. The Labute approximate surface area is 199 Å². The molecule has 0 saturated carbocycles.